The van der Waals surface area contributed by atoms with E-state index in [0.29, 0.717) is 13.0 Å². The minimum Gasteiger partial charge on any atom is -0.395 e. The summed E-state index contributed by atoms with van der Waals surface area (Å²) in [6, 6.07) is -0.0423. The van der Waals surface area contributed by atoms with Crippen LogP contribution in [0.15, 0.2) is 0 Å². The Kier molecular flexibility index (Phi) is 11.1. The quantitative estimate of drug-likeness (QED) is 0.556. The monoisotopic (exact) mass is 258 g/mol. The molecule has 0 rings (SSSR count). The molecule has 0 aromatic heterocycles. The van der Waals surface area contributed by atoms with Crippen molar-refractivity contribution in [3.8, 4) is 0 Å². The molecule has 108 valence electrons. The predicted octanol–water partition coefficient (Wildman–Crippen LogP) is 1.91. The summed E-state index contributed by atoms with van der Waals surface area (Å²) in [4.78, 5) is 13.8. The highest BCUT2D eigenvalue weighted by Crippen LogP contribution is 2.06. The molecule has 0 fully saturated rings. The number of unbranched alkanes of at least 4 members (excludes halogenated alkanes) is 3. The van der Waals surface area contributed by atoms with Gasteiger partial charge in [0.05, 0.1) is 6.61 Å². The molecule has 0 heterocycles. The van der Waals surface area contributed by atoms with Gasteiger partial charge in [0.2, 0.25) is 5.91 Å². The highest BCUT2D eigenvalue weighted by atomic mass is 16.3. The highest BCUT2D eigenvalue weighted by molar-refractivity contribution is 5.76. The van der Waals surface area contributed by atoms with Crippen molar-refractivity contribution in [2.45, 2.75) is 64.8 Å². The molecule has 0 spiro atoms. The van der Waals surface area contributed by atoms with Crippen molar-refractivity contribution < 1.29 is 9.90 Å². The Hall–Kier alpha value is -0.610. The number of amides is 1. The smallest absolute Gasteiger partial charge is 0.224 e. The van der Waals surface area contributed by atoms with E-state index in [-0.39, 0.29) is 18.6 Å². The van der Waals surface area contributed by atoms with Crippen LogP contribution in [-0.4, -0.2) is 41.7 Å². The van der Waals surface area contributed by atoms with E-state index in [1.54, 1.807) is 4.90 Å². The summed E-state index contributed by atoms with van der Waals surface area (Å²) in [6.07, 6.45) is 6.85. The summed E-state index contributed by atoms with van der Waals surface area (Å²) in [7, 11) is 0. The number of aliphatic hydroxyl groups excluding tert-OH is 1. The molecule has 1 amide bonds. The topological polar surface area (TPSA) is 66.6 Å². The summed E-state index contributed by atoms with van der Waals surface area (Å²) < 4.78 is 0. The maximum Gasteiger partial charge on any atom is 0.224 e. The number of carbonyl (C=O) groups is 1. The van der Waals surface area contributed by atoms with Gasteiger partial charge in [-0.05, 0) is 12.8 Å². The molecule has 18 heavy (non-hydrogen) atoms. The van der Waals surface area contributed by atoms with Crippen LogP contribution in [-0.2, 0) is 4.79 Å². The number of aliphatic hydroxyl groups is 1. The lowest BCUT2D eigenvalue weighted by molar-refractivity contribution is -0.132. The van der Waals surface area contributed by atoms with Gasteiger partial charge in [-0.15, -0.1) is 0 Å². The zero-order valence-electron chi connectivity index (χ0n) is 12.0. The zero-order valence-corrected chi connectivity index (χ0v) is 12.0. The Bertz CT molecular complexity index is 210. The Labute approximate surface area is 112 Å². The minimum atomic E-state index is -0.0423. The van der Waals surface area contributed by atoms with Crippen molar-refractivity contribution in [2.75, 3.05) is 19.7 Å². The molecule has 0 aromatic carbocycles. The lowest BCUT2D eigenvalue weighted by Crippen LogP contribution is -2.38. The normalized spacial score (nSPS) is 12.4. The molecule has 1 atom stereocenters. The molecule has 0 aliphatic heterocycles. The van der Waals surface area contributed by atoms with Crippen molar-refractivity contribution in [1.82, 2.24) is 4.90 Å². The standard InChI is InChI=1S/C14H30N2O2/c1-3-5-6-7-9-16(10-11-17)14(18)12-13(15)8-4-2/h13,17H,3-12,15H2,1-2H3. The van der Waals surface area contributed by atoms with E-state index < -0.39 is 0 Å². The summed E-state index contributed by atoms with van der Waals surface area (Å²) in [5.41, 5.74) is 5.89. The molecule has 0 radical (unpaired) electrons. The molecule has 0 aliphatic rings. The average Bonchev–Trinajstić information content (AvgIpc) is 2.33. The number of hydrogen-bond acceptors (Lipinski definition) is 3. The third-order valence-corrected chi connectivity index (χ3v) is 3.10. The number of nitrogens with two attached hydrogens (primary N) is 1. The number of rotatable bonds is 11. The van der Waals surface area contributed by atoms with Crippen molar-refractivity contribution in [2.24, 2.45) is 5.73 Å². The van der Waals surface area contributed by atoms with E-state index in [0.717, 1.165) is 32.2 Å². The lowest BCUT2D eigenvalue weighted by atomic mass is 10.1. The first-order valence-electron chi connectivity index (χ1n) is 7.29. The summed E-state index contributed by atoms with van der Waals surface area (Å²) in [5, 5.41) is 9.00. The lowest BCUT2D eigenvalue weighted by Gasteiger charge is -2.23. The molecule has 4 nitrogen and oxygen atoms in total. The van der Waals surface area contributed by atoms with Crippen LogP contribution >= 0.6 is 0 Å². The van der Waals surface area contributed by atoms with Gasteiger partial charge in [-0.1, -0.05) is 39.5 Å². The first kappa shape index (κ1) is 17.4. The Balaban J connectivity index is 4.01. The third kappa shape index (κ3) is 8.48. The molecule has 0 bridgehead atoms. The van der Waals surface area contributed by atoms with Gasteiger partial charge in [-0.25, -0.2) is 0 Å². The fraction of sp³-hybridized carbons (Fsp3) is 0.929. The van der Waals surface area contributed by atoms with Gasteiger partial charge in [0.1, 0.15) is 0 Å². The second-order valence-corrected chi connectivity index (χ2v) is 4.92. The number of carbonyl (C=O) groups excluding carboxylic acids is 1. The van der Waals surface area contributed by atoms with Crippen molar-refractivity contribution in [3.63, 3.8) is 0 Å². The van der Waals surface area contributed by atoms with Crippen molar-refractivity contribution >= 4 is 5.91 Å². The largest absolute Gasteiger partial charge is 0.395 e. The van der Waals surface area contributed by atoms with E-state index >= 15 is 0 Å². The molecule has 3 N–H and O–H groups in total. The highest BCUT2D eigenvalue weighted by Gasteiger charge is 2.15. The van der Waals surface area contributed by atoms with Crippen molar-refractivity contribution in [1.29, 1.82) is 0 Å². The molecule has 0 aromatic rings. The number of nitrogens with zero attached hydrogens (tertiary/aromatic N) is 1. The third-order valence-electron chi connectivity index (χ3n) is 3.10. The molecule has 0 aliphatic carbocycles. The SMILES string of the molecule is CCCCCCN(CCO)C(=O)CC(N)CCC. The molecule has 4 heteroatoms. The predicted molar refractivity (Wildman–Crippen MR) is 75.3 cm³/mol. The van der Waals surface area contributed by atoms with E-state index in [9.17, 15) is 4.79 Å². The second kappa shape index (κ2) is 11.5. The van der Waals surface area contributed by atoms with E-state index in [1.165, 1.54) is 12.8 Å². The van der Waals surface area contributed by atoms with Gasteiger partial charge >= 0.3 is 0 Å². The van der Waals surface area contributed by atoms with E-state index in [4.69, 9.17) is 10.8 Å². The number of hydrogen-bond donors (Lipinski definition) is 2. The van der Waals surface area contributed by atoms with E-state index in [2.05, 4.69) is 13.8 Å². The summed E-state index contributed by atoms with van der Waals surface area (Å²) in [6.45, 7) is 5.45. The van der Waals surface area contributed by atoms with Crippen LogP contribution in [0.3, 0.4) is 0 Å². The van der Waals surface area contributed by atoms with Gasteiger partial charge in [-0.3, -0.25) is 4.79 Å². The van der Waals surface area contributed by atoms with Crippen LogP contribution in [0.4, 0.5) is 0 Å². The Morgan fingerprint density at radius 3 is 2.44 bits per heavy atom. The zero-order chi connectivity index (χ0) is 13.8. The first-order valence-corrected chi connectivity index (χ1v) is 7.29. The van der Waals surface area contributed by atoms with Crippen LogP contribution in [0, 0.1) is 0 Å². The molecular formula is C14H30N2O2. The molecule has 0 saturated carbocycles. The van der Waals surface area contributed by atoms with Crippen LogP contribution in [0.2, 0.25) is 0 Å². The van der Waals surface area contributed by atoms with Crippen LogP contribution < -0.4 is 5.73 Å². The van der Waals surface area contributed by atoms with Gasteiger partial charge < -0.3 is 15.7 Å². The maximum atomic E-state index is 12.0. The first-order chi connectivity index (χ1) is 8.65. The average molecular weight is 258 g/mol. The molecule has 1 unspecified atom stereocenters. The van der Waals surface area contributed by atoms with Crippen LogP contribution in [0.1, 0.15) is 58.8 Å². The van der Waals surface area contributed by atoms with Gasteiger partial charge in [0.25, 0.3) is 0 Å². The maximum absolute atomic E-state index is 12.0. The van der Waals surface area contributed by atoms with Gasteiger partial charge in [0, 0.05) is 25.6 Å². The van der Waals surface area contributed by atoms with Gasteiger partial charge in [-0.2, -0.15) is 0 Å². The van der Waals surface area contributed by atoms with Crippen molar-refractivity contribution in [3.05, 3.63) is 0 Å². The molecular weight excluding hydrogens is 228 g/mol. The minimum absolute atomic E-state index is 0.0303. The summed E-state index contributed by atoms with van der Waals surface area (Å²) in [5.74, 6) is 0.0847. The summed E-state index contributed by atoms with van der Waals surface area (Å²) >= 11 is 0. The Morgan fingerprint density at radius 1 is 1.17 bits per heavy atom. The van der Waals surface area contributed by atoms with Crippen LogP contribution in [0.25, 0.3) is 0 Å². The second-order valence-electron chi connectivity index (χ2n) is 4.92. The fourth-order valence-corrected chi connectivity index (χ4v) is 2.04. The Morgan fingerprint density at radius 2 is 1.89 bits per heavy atom. The van der Waals surface area contributed by atoms with Gasteiger partial charge in [0.15, 0.2) is 0 Å². The fourth-order valence-electron chi connectivity index (χ4n) is 2.04. The van der Waals surface area contributed by atoms with E-state index in [1.807, 2.05) is 0 Å². The van der Waals surface area contributed by atoms with Crippen LogP contribution in [0.5, 0.6) is 0 Å². The molecule has 0 saturated heterocycles.